The number of carbonyl (C=O) groups excluding carboxylic acids is 1. The molecule has 7 nitrogen and oxygen atoms in total. The van der Waals surface area contributed by atoms with Gasteiger partial charge in [0.1, 0.15) is 5.84 Å². The van der Waals surface area contributed by atoms with Gasteiger partial charge in [-0.2, -0.15) is 0 Å². The number of hydrogen-bond donors (Lipinski definition) is 1. The monoisotopic (exact) mass is 360 g/mol. The molecule has 0 aromatic carbocycles. The minimum atomic E-state index is -3.36. The number of carbonyl (C=O) groups is 1. The van der Waals surface area contributed by atoms with E-state index < -0.39 is 10.0 Å². The third-order valence-corrected chi connectivity index (χ3v) is 5.47. The van der Waals surface area contributed by atoms with Crippen LogP contribution < -0.4 is 5.73 Å². The molecule has 0 atom stereocenters. The van der Waals surface area contributed by atoms with Crippen molar-refractivity contribution in [2.45, 2.75) is 12.8 Å². The molecule has 1 amide bonds. The summed E-state index contributed by atoms with van der Waals surface area (Å²) in [6, 6.07) is 0. The van der Waals surface area contributed by atoms with Gasteiger partial charge in [-0.3, -0.25) is 4.79 Å². The van der Waals surface area contributed by atoms with E-state index in [1.54, 1.807) is 23.3 Å². The van der Waals surface area contributed by atoms with Crippen LogP contribution in [-0.4, -0.2) is 61.9 Å². The summed E-state index contributed by atoms with van der Waals surface area (Å²) in [4.78, 5) is 16.1. The molecule has 23 heavy (non-hydrogen) atoms. The molecule has 1 fully saturated rings. The van der Waals surface area contributed by atoms with Crippen LogP contribution in [0.3, 0.4) is 0 Å². The lowest BCUT2D eigenvalue weighted by atomic mass is 9.96. The number of sulfonamides is 1. The smallest absolute Gasteiger partial charge is 0.256 e. The zero-order valence-electron chi connectivity index (χ0n) is 12.7. The van der Waals surface area contributed by atoms with Crippen LogP contribution in [0.15, 0.2) is 28.3 Å². The molecule has 128 valence electrons. The second-order valence-corrected chi connectivity index (χ2v) is 7.57. The highest BCUT2D eigenvalue weighted by molar-refractivity contribution is 7.90. The molecule has 0 bridgehead atoms. The maximum atomic E-state index is 12.5. The van der Waals surface area contributed by atoms with Crippen molar-refractivity contribution in [1.29, 1.82) is 0 Å². The molecule has 3 aliphatic rings. The molecule has 2 N–H and O–H groups in total. The van der Waals surface area contributed by atoms with Crippen LogP contribution in [-0.2, 0) is 14.8 Å². The number of fused-ring (bicyclic) bond motifs is 1. The zero-order valence-corrected chi connectivity index (χ0v) is 14.4. The minimum absolute atomic E-state index is 0. The van der Waals surface area contributed by atoms with Crippen LogP contribution in [0.2, 0.25) is 0 Å². The van der Waals surface area contributed by atoms with Crippen molar-refractivity contribution in [1.82, 2.24) is 9.80 Å². The summed E-state index contributed by atoms with van der Waals surface area (Å²) < 4.78 is 26.7. The van der Waals surface area contributed by atoms with Crippen LogP contribution >= 0.6 is 12.4 Å². The molecule has 0 aromatic heterocycles. The van der Waals surface area contributed by atoms with Gasteiger partial charge in [0.05, 0.1) is 11.3 Å². The van der Waals surface area contributed by atoms with Crippen LogP contribution in [0.4, 0.5) is 0 Å². The van der Waals surface area contributed by atoms with E-state index in [0.717, 1.165) is 25.9 Å². The van der Waals surface area contributed by atoms with E-state index in [1.807, 2.05) is 4.90 Å². The second-order valence-electron chi connectivity index (χ2n) is 5.82. The number of rotatable bonds is 2. The Hall–Kier alpha value is -1.38. The minimum Gasteiger partial charge on any atom is -0.339 e. The quantitative estimate of drug-likeness (QED) is 0.753. The lowest BCUT2D eigenvalue weighted by molar-refractivity contribution is -0.128. The Morgan fingerprint density at radius 3 is 2.61 bits per heavy atom. The summed E-state index contributed by atoms with van der Waals surface area (Å²) in [5.74, 6) is 0.847. The van der Waals surface area contributed by atoms with Crippen LogP contribution in [0.5, 0.6) is 0 Å². The molecule has 3 heterocycles. The maximum absolute atomic E-state index is 12.5. The third kappa shape index (κ3) is 3.94. The Balaban J connectivity index is 0.00000192. The first-order valence-electron chi connectivity index (χ1n) is 7.47. The van der Waals surface area contributed by atoms with Gasteiger partial charge in [-0.05, 0) is 37.5 Å². The highest BCUT2D eigenvalue weighted by Gasteiger charge is 2.28. The van der Waals surface area contributed by atoms with Gasteiger partial charge < -0.3 is 15.5 Å². The Morgan fingerprint density at radius 2 is 1.96 bits per heavy atom. The number of halogens is 1. The molecule has 1 saturated heterocycles. The predicted octanol–water partition coefficient (Wildman–Crippen LogP) is 0.103. The Labute approximate surface area is 142 Å². The molecular formula is C14H21ClN4O3S. The van der Waals surface area contributed by atoms with Crippen molar-refractivity contribution in [3.63, 3.8) is 0 Å². The summed E-state index contributed by atoms with van der Waals surface area (Å²) in [5.41, 5.74) is 6.24. The average molecular weight is 361 g/mol. The summed E-state index contributed by atoms with van der Waals surface area (Å²) in [6.45, 7) is 2.45. The van der Waals surface area contributed by atoms with E-state index in [4.69, 9.17) is 5.73 Å². The number of likely N-dealkylation sites (tertiary alicyclic amines) is 1. The number of nitrogens with two attached hydrogens (primary N) is 1. The Bertz CT molecular complexity index is 664. The number of hydrogen-bond acceptors (Lipinski definition) is 5. The maximum Gasteiger partial charge on any atom is 0.256 e. The van der Waals surface area contributed by atoms with E-state index in [9.17, 15) is 13.2 Å². The molecule has 3 aliphatic heterocycles. The molecule has 0 radical (unpaired) electrons. The van der Waals surface area contributed by atoms with E-state index in [0.29, 0.717) is 30.4 Å². The highest BCUT2D eigenvalue weighted by Crippen LogP contribution is 2.21. The van der Waals surface area contributed by atoms with E-state index >= 15 is 0 Å². The Morgan fingerprint density at radius 1 is 1.26 bits per heavy atom. The fourth-order valence-electron chi connectivity index (χ4n) is 2.88. The zero-order chi connectivity index (χ0) is 15.7. The first kappa shape index (κ1) is 18.0. The molecule has 0 unspecified atom stereocenters. The lowest BCUT2D eigenvalue weighted by Gasteiger charge is -2.33. The fourth-order valence-corrected chi connectivity index (χ4v) is 3.85. The summed E-state index contributed by atoms with van der Waals surface area (Å²) in [6.07, 6.45) is 6.82. The standard InChI is InChI=1S/C14H20N4O3S.ClH/c15-9-11-3-5-17(6-4-11)14(19)12-1-2-13-16-22(20,21)8-7-18(13)10-12;/h1-2,10-11H,3-9,15H2;1H. The number of piperidine rings is 1. The lowest BCUT2D eigenvalue weighted by Crippen LogP contribution is -2.42. The van der Waals surface area contributed by atoms with Gasteiger partial charge in [-0.25, -0.2) is 8.42 Å². The van der Waals surface area contributed by atoms with E-state index in [1.165, 1.54) is 0 Å². The fraction of sp³-hybridized carbons (Fsp3) is 0.571. The van der Waals surface area contributed by atoms with Crippen molar-refractivity contribution in [2.75, 3.05) is 31.9 Å². The largest absolute Gasteiger partial charge is 0.339 e. The van der Waals surface area contributed by atoms with Crippen molar-refractivity contribution in [2.24, 2.45) is 16.0 Å². The summed E-state index contributed by atoms with van der Waals surface area (Å²) in [7, 11) is -3.36. The molecular weight excluding hydrogens is 340 g/mol. The van der Waals surface area contributed by atoms with Gasteiger partial charge >= 0.3 is 0 Å². The SMILES string of the molecule is Cl.NCC1CCN(C(=O)C2=CN3CCS(=O)(=O)N=C3C=C2)CC1. The average Bonchev–Trinajstić information content (AvgIpc) is 2.53. The second kappa shape index (κ2) is 7.02. The molecule has 3 rings (SSSR count). The number of amides is 1. The summed E-state index contributed by atoms with van der Waals surface area (Å²) in [5, 5.41) is 0. The van der Waals surface area contributed by atoms with Gasteiger partial charge in [-0.15, -0.1) is 16.8 Å². The topological polar surface area (TPSA) is 96.1 Å². The molecule has 9 heteroatoms. The van der Waals surface area contributed by atoms with Gasteiger partial charge in [0.15, 0.2) is 0 Å². The van der Waals surface area contributed by atoms with Crippen molar-refractivity contribution < 1.29 is 13.2 Å². The first-order valence-corrected chi connectivity index (χ1v) is 9.08. The van der Waals surface area contributed by atoms with Crippen LogP contribution in [0.1, 0.15) is 12.8 Å². The molecule has 0 saturated carbocycles. The van der Waals surface area contributed by atoms with Crippen LogP contribution in [0.25, 0.3) is 0 Å². The van der Waals surface area contributed by atoms with Gasteiger partial charge in [0, 0.05) is 25.8 Å². The van der Waals surface area contributed by atoms with Gasteiger partial charge in [-0.1, -0.05) is 0 Å². The van der Waals surface area contributed by atoms with Crippen LogP contribution in [0, 0.1) is 5.92 Å². The summed E-state index contributed by atoms with van der Waals surface area (Å²) >= 11 is 0. The van der Waals surface area contributed by atoms with E-state index in [-0.39, 0.29) is 24.1 Å². The van der Waals surface area contributed by atoms with E-state index in [2.05, 4.69) is 4.40 Å². The van der Waals surface area contributed by atoms with Gasteiger partial charge in [0.2, 0.25) is 0 Å². The van der Waals surface area contributed by atoms with Crippen molar-refractivity contribution >= 4 is 34.2 Å². The third-order valence-electron chi connectivity index (χ3n) is 4.31. The molecule has 0 aromatic rings. The predicted molar refractivity (Wildman–Crippen MR) is 90.8 cm³/mol. The number of amidine groups is 1. The first-order chi connectivity index (χ1) is 10.5. The molecule has 0 spiro atoms. The Kier molecular flexibility index (Phi) is 5.49. The normalized spacial score (nSPS) is 23.5. The van der Waals surface area contributed by atoms with Crippen molar-refractivity contribution in [3.05, 3.63) is 23.9 Å². The number of nitrogens with zero attached hydrogens (tertiary/aromatic N) is 3. The van der Waals surface area contributed by atoms with Crippen molar-refractivity contribution in [3.8, 4) is 0 Å². The highest BCUT2D eigenvalue weighted by atomic mass is 35.5. The molecule has 0 aliphatic carbocycles. The van der Waals surface area contributed by atoms with Gasteiger partial charge in [0.25, 0.3) is 15.9 Å².